The highest BCUT2D eigenvalue weighted by molar-refractivity contribution is 6.03. The molecule has 2 aromatic carbocycles. The molecule has 21 heavy (non-hydrogen) atoms. The van der Waals surface area contributed by atoms with Gasteiger partial charge in [0.15, 0.2) is 6.10 Å². The van der Waals surface area contributed by atoms with Crippen molar-refractivity contribution < 1.29 is 24.5 Å². The number of ether oxygens (including phenoxy) is 2. The fraction of sp³-hybridized carbons (Fsp3) is 0.188. The number of benzene rings is 2. The number of hydrogen-bond donors (Lipinski definition) is 2. The quantitative estimate of drug-likeness (QED) is 0.874. The highest BCUT2D eigenvalue weighted by Crippen LogP contribution is 2.39. The molecule has 108 valence electrons. The van der Waals surface area contributed by atoms with Gasteiger partial charge >= 0.3 is 0 Å². The zero-order valence-electron chi connectivity index (χ0n) is 11.3. The van der Waals surface area contributed by atoms with Gasteiger partial charge < -0.3 is 19.7 Å². The lowest BCUT2D eigenvalue weighted by Crippen LogP contribution is -2.52. The summed E-state index contributed by atoms with van der Waals surface area (Å²) >= 11 is 0. The van der Waals surface area contributed by atoms with E-state index in [2.05, 4.69) is 0 Å². The van der Waals surface area contributed by atoms with Crippen LogP contribution in [0.1, 0.15) is 15.9 Å². The molecule has 0 spiro atoms. The lowest BCUT2D eigenvalue weighted by Gasteiger charge is -2.37. The Morgan fingerprint density at radius 2 is 1.90 bits per heavy atom. The van der Waals surface area contributed by atoms with Crippen LogP contribution in [-0.4, -0.2) is 29.2 Å². The van der Waals surface area contributed by atoms with Crippen molar-refractivity contribution in [3.05, 3.63) is 59.7 Å². The first-order chi connectivity index (χ1) is 10.1. The first-order valence-corrected chi connectivity index (χ1v) is 6.43. The lowest BCUT2D eigenvalue weighted by molar-refractivity contribution is -0.203. The van der Waals surface area contributed by atoms with E-state index in [1.807, 2.05) is 0 Å². The summed E-state index contributed by atoms with van der Waals surface area (Å²) < 4.78 is 10.6. The number of hydrogen-bond acceptors (Lipinski definition) is 5. The predicted molar refractivity (Wildman–Crippen MR) is 74.3 cm³/mol. The zero-order valence-corrected chi connectivity index (χ0v) is 11.3. The number of ketones is 1. The molecule has 0 saturated carbocycles. The third-order valence-corrected chi connectivity index (χ3v) is 3.53. The second-order valence-corrected chi connectivity index (χ2v) is 4.79. The van der Waals surface area contributed by atoms with Gasteiger partial charge in [-0.25, -0.2) is 0 Å². The largest absolute Gasteiger partial charge is 0.497 e. The number of fused-ring (bicyclic) bond motifs is 1. The molecular weight excluding hydrogens is 272 g/mol. The molecule has 0 aromatic heterocycles. The van der Waals surface area contributed by atoms with Crippen molar-refractivity contribution in [2.45, 2.75) is 11.9 Å². The number of carbonyl (C=O) groups is 1. The van der Waals surface area contributed by atoms with Gasteiger partial charge in [-0.1, -0.05) is 30.3 Å². The average Bonchev–Trinajstić information content (AvgIpc) is 2.53. The Morgan fingerprint density at radius 3 is 2.57 bits per heavy atom. The van der Waals surface area contributed by atoms with Crippen LogP contribution in [0.15, 0.2) is 48.5 Å². The normalized spacial score (nSPS) is 24.1. The highest BCUT2D eigenvalue weighted by atomic mass is 16.6. The van der Waals surface area contributed by atoms with Gasteiger partial charge in [-0.2, -0.15) is 0 Å². The fourth-order valence-corrected chi connectivity index (χ4v) is 2.36. The maximum Gasteiger partial charge on any atom is 0.268 e. The standard InChI is InChI=1S/C16H14O5/c1-20-11-7-8-12-13(9-11)21-16(19,15(18)14(12)17)10-5-3-2-4-6-10/h2-9,15,18-19H,1H3. The van der Waals surface area contributed by atoms with Gasteiger partial charge in [0.2, 0.25) is 5.78 Å². The SMILES string of the molecule is COc1ccc2c(c1)OC(O)(c1ccccc1)C(O)C2=O. The van der Waals surface area contributed by atoms with E-state index in [9.17, 15) is 15.0 Å². The van der Waals surface area contributed by atoms with Crippen LogP contribution in [0.5, 0.6) is 11.5 Å². The molecule has 2 N–H and O–H groups in total. The molecule has 2 aromatic rings. The molecule has 0 saturated heterocycles. The van der Waals surface area contributed by atoms with Crippen LogP contribution in [-0.2, 0) is 5.79 Å². The Labute approximate surface area is 121 Å². The summed E-state index contributed by atoms with van der Waals surface area (Å²) in [6.07, 6.45) is -1.69. The smallest absolute Gasteiger partial charge is 0.268 e. The summed E-state index contributed by atoms with van der Waals surface area (Å²) in [6, 6.07) is 12.9. The summed E-state index contributed by atoms with van der Waals surface area (Å²) in [5, 5.41) is 20.8. The van der Waals surface area contributed by atoms with Gasteiger partial charge in [0, 0.05) is 11.6 Å². The predicted octanol–water partition coefficient (Wildman–Crippen LogP) is 1.48. The zero-order chi connectivity index (χ0) is 15.0. The van der Waals surface area contributed by atoms with Crippen molar-refractivity contribution in [3.8, 4) is 11.5 Å². The molecule has 0 aliphatic carbocycles. The summed E-state index contributed by atoms with van der Waals surface area (Å²) in [7, 11) is 1.49. The Hall–Kier alpha value is -2.37. The van der Waals surface area contributed by atoms with Crippen LogP contribution in [0.4, 0.5) is 0 Å². The summed E-state index contributed by atoms with van der Waals surface area (Å²) in [6.45, 7) is 0. The van der Waals surface area contributed by atoms with E-state index in [4.69, 9.17) is 9.47 Å². The Balaban J connectivity index is 2.12. The molecule has 1 aliphatic rings. The molecule has 0 fully saturated rings. The van der Waals surface area contributed by atoms with Crippen LogP contribution in [0.2, 0.25) is 0 Å². The summed E-state index contributed by atoms with van der Waals surface area (Å²) in [5.41, 5.74) is 0.517. The van der Waals surface area contributed by atoms with E-state index < -0.39 is 17.7 Å². The Kier molecular flexibility index (Phi) is 3.16. The second kappa shape index (κ2) is 4.87. The monoisotopic (exact) mass is 286 g/mol. The van der Waals surface area contributed by atoms with E-state index in [1.54, 1.807) is 36.4 Å². The lowest BCUT2D eigenvalue weighted by atomic mass is 9.90. The minimum Gasteiger partial charge on any atom is -0.497 e. The van der Waals surface area contributed by atoms with Crippen LogP contribution < -0.4 is 9.47 Å². The van der Waals surface area contributed by atoms with E-state index >= 15 is 0 Å². The number of aliphatic hydroxyl groups is 2. The van der Waals surface area contributed by atoms with Crippen molar-refractivity contribution in [2.75, 3.05) is 7.11 Å². The molecule has 3 rings (SSSR count). The third-order valence-electron chi connectivity index (χ3n) is 3.53. The van der Waals surface area contributed by atoms with Crippen molar-refractivity contribution in [3.63, 3.8) is 0 Å². The van der Waals surface area contributed by atoms with Crippen molar-refractivity contribution >= 4 is 5.78 Å². The number of methoxy groups -OCH3 is 1. The van der Waals surface area contributed by atoms with Gasteiger partial charge in [0.25, 0.3) is 5.79 Å². The minimum atomic E-state index is -2.11. The van der Waals surface area contributed by atoms with Crippen molar-refractivity contribution in [1.29, 1.82) is 0 Å². The van der Waals surface area contributed by atoms with Gasteiger partial charge in [0.05, 0.1) is 12.7 Å². The Bertz CT molecular complexity index is 682. The van der Waals surface area contributed by atoms with Crippen LogP contribution in [0.3, 0.4) is 0 Å². The molecule has 0 bridgehead atoms. The maximum absolute atomic E-state index is 12.3. The number of rotatable bonds is 2. The summed E-state index contributed by atoms with van der Waals surface area (Å²) in [4.78, 5) is 12.3. The highest BCUT2D eigenvalue weighted by Gasteiger charge is 2.49. The molecule has 2 unspecified atom stereocenters. The Morgan fingerprint density at radius 1 is 1.19 bits per heavy atom. The van der Waals surface area contributed by atoms with Crippen molar-refractivity contribution in [2.24, 2.45) is 0 Å². The maximum atomic E-state index is 12.3. The first kappa shape index (κ1) is 13.6. The van der Waals surface area contributed by atoms with E-state index in [1.165, 1.54) is 19.2 Å². The number of Topliss-reactive ketones (excluding diaryl/α,β-unsaturated/α-hetero) is 1. The van der Waals surface area contributed by atoms with Crippen LogP contribution in [0.25, 0.3) is 0 Å². The van der Waals surface area contributed by atoms with E-state index in [0.29, 0.717) is 11.3 Å². The first-order valence-electron chi connectivity index (χ1n) is 6.43. The number of aliphatic hydroxyl groups excluding tert-OH is 1. The minimum absolute atomic E-state index is 0.177. The third kappa shape index (κ3) is 2.07. The molecule has 0 radical (unpaired) electrons. The molecular formula is C16H14O5. The molecule has 0 amide bonds. The molecule has 2 atom stereocenters. The van der Waals surface area contributed by atoms with Gasteiger partial charge in [-0.3, -0.25) is 4.79 Å². The van der Waals surface area contributed by atoms with Gasteiger partial charge in [-0.15, -0.1) is 0 Å². The van der Waals surface area contributed by atoms with Gasteiger partial charge in [0.1, 0.15) is 11.5 Å². The van der Waals surface area contributed by atoms with Crippen LogP contribution in [0, 0.1) is 0 Å². The van der Waals surface area contributed by atoms with E-state index in [-0.39, 0.29) is 11.3 Å². The van der Waals surface area contributed by atoms with Gasteiger partial charge in [-0.05, 0) is 12.1 Å². The second-order valence-electron chi connectivity index (χ2n) is 4.79. The number of carbonyl (C=O) groups excluding carboxylic acids is 1. The molecule has 1 aliphatic heterocycles. The topological polar surface area (TPSA) is 76.0 Å². The molecule has 5 nitrogen and oxygen atoms in total. The van der Waals surface area contributed by atoms with Crippen LogP contribution >= 0.6 is 0 Å². The summed E-state index contributed by atoms with van der Waals surface area (Å²) in [5.74, 6) is -2.04. The van der Waals surface area contributed by atoms with E-state index in [0.717, 1.165) is 0 Å². The average molecular weight is 286 g/mol. The fourth-order valence-electron chi connectivity index (χ4n) is 2.36. The molecule has 5 heteroatoms. The van der Waals surface area contributed by atoms with Crippen molar-refractivity contribution in [1.82, 2.24) is 0 Å². The molecule has 1 heterocycles.